The zero-order valence-corrected chi connectivity index (χ0v) is 20.2. The Morgan fingerprint density at radius 2 is 1.41 bits per heavy atom. The normalized spacial score (nSPS) is 11.5. The fourth-order valence-corrected chi connectivity index (χ4v) is 3.01. The Morgan fingerprint density at radius 1 is 0.865 bits per heavy atom. The van der Waals surface area contributed by atoms with Crippen LogP contribution in [-0.2, 0) is 14.4 Å². The van der Waals surface area contributed by atoms with Gasteiger partial charge in [0.2, 0.25) is 0 Å². The molecule has 0 heterocycles. The minimum absolute atomic E-state index is 0.0345. The monoisotopic (exact) mass is 513 g/mol. The highest BCUT2D eigenvalue weighted by Crippen LogP contribution is 2.31. The molecule has 0 unspecified atom stereocenters. The molecule has 2 rings (SSSR count). The van der Waals surface area contributed by atoms with E-state index in [2.05, 4.69) is 5.18 Å². The SMILES string of the molecule is COc1cc(/C=C/C(=O)CC(=O)/C=C/c2ccc(OC(=O)C(CO)(CO)CN=O)c(OC)c2)ccc1O. The molecular weight excluding hydrogens is 486 g/mol. The molecule has 3 N–H and O–H groups in total. The number of allylic oxidation sites excluding steroid dienone is 2. The Balaban J connectivity index is 2.05. The summed E-state index contributed by atoms with van der Waals surface area (Å²) < 4.78 is 15.4. The second-order valence-electron chi connectivity index (χ2n) is 7.89. The third kappa shape index (κ3) is 7.82. The van der Waals surface area contributed by atoms with E-state index in [-0.39, 0.29) is 29.4 Å². The van der Waals surface area contributed by atoms with Crippen molar-refractivity contribution < 1.29 is 43.9 Å². The molecule has 196 valence electrons. The number of ether oxygens (including phenoxy) is 3. The Labute approximate surface area is 212 Å². The van der Waals surface area contributed by atoms with Gasteiger partial charge in [-0.3, -0.25) is 14.4 Å². The molecule has 0 aliphatic heterocycles. The van der Waals surface area contributed by atoms with Crippen molar-refractivity contribution in [3.8, 4) is 23.0 Å². The first kappa shape index (κ1) is 28.9. The molecule has 0 fully saturated rings. The number of aliphatic hydroxyl groups is 2. The van der Waals surface area contributed by atoms with E-state index in [1.165, 1.54) is 62.8 Å². The van der Waals surface area contributed by atoms with Crippen LogP contribution in [0.25, 0.3) is 12.2 Å². The second-order valence-corrected chi connectivity index (χ2v) is 7.89. The third-order valence-corrected chi connectivity index (χ3v) is 5.27. The summed E-state index contributed by atoms with van der Waals surface area (Å²) >= 11 is 0. The molecule has 0 aliphatic carbocycles. The van der Waals surface area contributed by atoms with Crippen molar-refractivity contribution in [1.29, 1.82) is 0 Å². The van der Waals surface area contributed by atoms with Crippen LogP contribution in [0.5, 0.6) is 23.0 Å². The molecule has 2 aromatic rings. The highest BCUT2D eigenvalue weighted by Gasteiger charge is 2.40. The van der Waals surface area contributed by atoms with Crippen molar-refractivity contribution in [2.24, 2.45) is 10.6 Å². The molecule has 37 heavy (non-hydrogen) atoms. The van der Waals surface area contributed by atoms with Gasteiger partial charge in [-0.05, 0) is 47.5 Å². The van der Waals surface area contributed by atoms with E-state index in [9.17, 15) is 34.6 Å². The maximum absolute atomic E-state index is 12.4. The predicted molar refractivity (Wildman–Crippen MR) is 133 cm³/mol. The largest absolute Gasteiger partial charge is 0.504 e. The molecular formula is C26H27NO10. The van der Waals surface area contributed by atoms with Gasteiger partial charge in [0.05, 0.1) is 33.9 Å². The number of carbonyl (C=O) groups is 3. The van der Waals surface area contributed by atoms with Crippen molar-refractivity contribution >= 4 is 29.7 Å². The van der Waals surface area contributed by atoms with E-state index >= 15 is 0 Å². The maximum atomic E-state index is 12.4. The van der Waals surface area contributed by atoms with E-state index in [0.29, 0.717) is 11.1 Å². The van der Waals surface area contributed by atoms with Gasteiger partial charge in [0.25, 0.3) is 0 Å². The van der Waals surface area contributed by atoms with Crippen molar-refractivity contribution in [2.75, 3.05) is 34.0 Å². The van der Waals surface area contributed by atoms with Gasteiger partial charge in [0.15, 0.2) is 34.6 Å². The molecule has 0 bridgehead atoms. The fraction of sp³-hybridized carbons (Fsp3) is 0.269. The van der Waals surface area contributed by atoms with Gasteiger partial charge in [-0.2, -0.15) is 4.91 Å². The van der Waals surface area contributed by atoms with Crippen LogP contribution >= 0.6 is 0 Å². The van der Waals surface area contributed by atoms with Crippen LogP contribution in [-0.4, -0.2) is 66.8 Å². The summed E-state index contributed by atoms with van der Waals surface area (Å²) in [5.41, 5.74) is -0.793. The number of aliphatic hydroxyl groups excluding tert-OH is 2. The van der Waals surface area contributed by atoms with Gasteiger partial charge in [0.1, 0.15) is 12.0 Å². The molecule has 0 spiro atoms. The first-order valence-electron chi connectivity index (χ1n) is 10.9. The lowest BCUT2D eigenvalue weighted by atomic mass is 9.90. The number of phenols is 1. The number of methoxy groups -OCH3 is 2. The number of carbonyl (C=O) groups excluding carboxylic acids is 3. The van der Waals surface area contributed by atoms with E-state index in [1.54, 1.807) is 12.1 Å². The maximum Gasteiger partial charge on any atom is 0.324 e. The number of aromatic hydroxyl groups is 1. The minimum Gasteiger partial charge on any atom is -0.504 e. The second kappa shape index (κ2) is 13.7. The summed E-state index contributed by atoms with van der Waals surface area (Å²) in [5, 5.41) is 31.1. The molecule has 0 aliphatic rings. The van der Waals surface area contributed by atoms with Crippen molar-refractivity contribution in [1.82, 2.24) is 0 Å². The number of hydrogen-bond acceptors (Lipinski definition) is 11. The number of hydrogen-bond donors (Lipinski definition) is 3. The molecule has 11 heteroatoms. The lowest BCUT2D eigenvalue weighted by Gasteiger charge is -2.24. The van der Waals surface area contributed by atoms with Crippen molar-refractivity contribution in [3.63, 3.8) is 0 Å². The first-order chi connectivity index (χ1) is 17.7. The topological polar surface area (TPSA) is 169 Å². The summed E-state index contributed by atoms with van der Waals surface area (Å²) in [6.07, 6.45) is 5.04. The van der Waals surface area contributed by atoms with Crippen LogP contribution in [0.15, 0.2) is 53.7 Å². The number of nitrogens with zero attached hydrogens (tertiary/aromatic N) is 1. The molecule has 0 saturated heterocycles. The Morgan fingerprint density at radius 3 is 1.92 bits per heavy atom. The van der Waals surface area contributed by atoms with Gasteiger partial charge in [-0.25, -0.2) is 0 Å². The number of rotatable bonds is 14. The lowest BCUT2D eigenvalue weighted by Crippen LogP contribution is -2.44. The van der Waals surface area contributed by atoms with Crippen LogP contribution in [0.2, 0.25) is 0 Å². The van der Waals surface area contributed by atoms with Crippen molar-refractivity contribution in [2.45, 2.75) is 6.42 Å². The number of phenolic OH excluding ortho intramolecular Hbond substituents is 1. The van der Waals surface area contributed by atoms with E-state index in [1.807, 2.05) is 0 Å². The zero-order chi connectivity index (χ0) is 27.4. The molecule has 11 nitrogen and oxygen atoms in total. The van der Waals surface area contributed by atoms with Crippen LogP contribution < -0.4 is 14.2 Å². The van der Waals surface area contributed by atoms with E-state index in [4.69, 9.17) is 14.2 Å². The predicted octanol–water partition coefficient (Wildman–Crippen LogP) is 2.31. The zero-order valence-electron chi connectivity index (χ0n) is 20.2. The summed E-state index contributed by atoms with van der Waals surface area (Å²) in [7, 11) is 2.72. The van der Waals surface area contributed by atoms with Gasteiger partial charge in [0, 0.05) is 0 Å². The lowest BCUT2D eigenvalue weighted by molar-refractivity contribution is -0.150. The third-order valence-electron chi connectivity index (χ3n) is 5.27. The minimum atomic E-state index is -1.90. The van der Waals surface area contributed by atoms with E-state index in [0.717, 1.165) is 0 Å². The number of ketones is 2. The molecule has 0 aromatic heterocycles. The number of benzene rings is 2. The molecule has 0 atom stereocenters. The Hall–Kier alpha value is -4.35. The summed E-state index contributed by atoms with van der Waals surface area (Å²) in [6, 6.07) is 8.90. The van der Waals surface area contributed by atoms with Crippen LogP contribution in [0, 0.1) is 10.3 Å². The molecule has 2 aromatic carbocycles. The Bertz CT molecular complexity index is 1200. The molecule has 0 radical (unpaired) electrons. The average Bonchev–Trinajstić information content (AvgIpc) is 2.90. The van der Waals surface area contributed by atoms with E-state index < -0.39 is 42.7 Å². The standard InChI is InChI=1S/C26H27NO10/c1-35-23-11-17(5-9-21(23)32)3-7-19(30)13-20(31)8-4-18-6-10-22(24(12-18)36-2)37-25(33)26(15-28,16-29)14-27-34/h3-12,28-29,32H,13-16H2,1-2H3/b7-3+,8-4+. The summed E-state index contributed by atoms with van der Waals surface area (Å²) in [6.45, 7) is -2.38. The van der Waals surface area contributed by atoms with Gasteiger partial charge >= 0.3 is 5.97 Å². The quantitative estimate of drug-likeness (QED) is 0.112. The highest BCUT2D eigenvalue weighted by molar-refractivity contribution is 6.10. The van der Waals surface area contributed by atoms with Crippen LogP contribution in [0.3, 0.4) is 0 Å². The highest BCUT2D eigenvalue weighted by atomic mass is 16.6. The average molecular weight is 513 g/mol. The number of nitroso groups, excluding NO2 is 1. The molecule has 0 amide bonds. The van der Waals surface area contributed by atoms with Crippen molar-refractivity contribution in [3.05, 3.63) is 64.6 Å². The van der Waals surface area contributed by atoms with Crippen LogP contribution in [0.1, 0.15) is 17.5 Å². The molecule has 0 saturated carbocycles. The summed E-state index contributed by atoms with van der Waals surface area (Å²) in [4.78, 5) is 47.4. The number of esters is 1. The fourth-order valence-electron chi connectivity index (χ4n) is 3.01. The first-order valence-corrected chi connectivity index (χ1v) is 10.9. The van der Waals surface area contributed by atoms with Gasteiger partial charge in [-0.1, -0.05) is 29.5 Å². The smallest absolute Gasteiger partial charge is 0.324 e. The van der Waals surface area contributed by atoms with Gasteiger partial charge < -0.3 is 29.5 Å². The summed E-state index contributed by atoms with van der Waals surface area (Å²) in [5.74, 6) is -1.66. The Kier molecular flexibility index (Phi) is 10.7. The van der Waals surface area contributed by atoms with Crippen LogP contribution in [0.4, 0.5) is 0 Å². The van der Waals surface area contributed by atoms with Gasteiger partial charge in [-0.15, -0.1) is 0 Å².